The average Bonchev–Trinajstić information content (AvgIpc) is 2.60. The van der Waals surface area contributed by atoms with Gasteiger partial charge in [0.05, 0.1) is 17.7 Å². The third-order valence-electron chi connectivity index (χ3n) is 3.47. The monoisotopic (exact) mass is 339 g/mol. The van der Waals surface area contributed by atoms with Crippen LogP contribution in [0.5, 0.6) is 0 Å². The van der Waals surface area contributed by atoms with Crippen LogP contribution in [0, 0.1) is 17.2 Å². The predicted molar refractivity (Wildman–Crippen MR) is 101 cm³/mol. The maximum Gasteiger partial charge on any atom is 0.255 e. The number of nitriles is 1. The lowest BCUT2D eigenvalue weighted by atomic mass is 10.1. The van der Waals surface area contributed by atoms with Crippen LogP contribution in [-0.4, -0.2) is 25.8 Å². The smallest absolute Gasteiger partial charge is 0.255 e. The van der Waals surface area contributed by atoms with E-state index in [0.29, 0.717) is 11.3 Å². The highest BCUT2D eigenvalue weighted by Gasteiger charge is 2.11. The molecule has 0 aromatic heterocycles. The molecule has 0 bridgehead atoms. The SMILES string of the molecule is C[C@H](C#N)CSc1ccccc1NC(=O)c1cccc(N(C)C)c1. The number of carbonyl (C=O) groups excluding carboxylic acids is 1. The second-order valence-corrected chi connectivity index (χ2v) is 6.80. The van der Waals surface area contributed by atoms with Crippen LogP contribution in [0.4, 0.5) is 11.4 Å². The molecule has 1 N–H and O–H groups in total. The molecule has 24 heavy (non-hydrogen) atoms. The summed E-state index contributed by atoms with van der Waals surface area (Å²) in [4.78, 5) is 15.5. The summed E-state index contributed by atoms with van der Waals surface area (Å²) < 4.78 is 0. The molecule has 0 fully saturated rings. The number of rotatable bonds is 6. The minimum absolute atomic E-state index is 0.0319. The number of thioether (sulfide) groups is 1. The van der Waals surface area contributed by atoms with Crippen LogP contribution in [0.25, 0.3) is 0 Å². The fourth-order valence-electron chi connectivity index (χ4n) is 2.07. The number of benzene rings is 2. The highest BCUT2D eigenvalue weighted by Crippen LogP contribution is 2.29. The van der Waals surface area contributed by atoms with E-state index in [1.165, 1.54) is 0 Å². The first-order chi connectivity index (χ1) is 11.5. The Bertz CT molecular complexity index is 752. The third kappa shape index (κ3) is 4.77. The molecular weight excluding hydrogens is 318 g/mol. The molecule has 0 saturated carbocycles. The topological polar surface area (TPSA) is 56.1 Å². The Morgan fingerprint density at radius 3 is 2.71 bits per heavy atom. The van der Waals surface area contributed by atoms with E-state index in [9.17, 15) is 4.79 Å². The molecule has 2 aromatic rings. The molecule has 5 heteroatoms. The van der Waals surface area contributed by atoms with Crippen molar-refractivity contribution in [2.24, 2.45) is 5.92 Å². The Morgan fingerprint density at radius 1 is 1.25 bits per heavy atom. The highest BCUT2D eigenvalue weighted by atomic mass is 32.2. The van der Waals surface area contributed by atoms with Crippen molar-refractivity contribution in [3.05, 3.63) is 54.1 Å². The average molecular weight is 339 g/mol. The zero-order valence-corrected chi connectivity index (χ0v) is 14.9. The van der Waals surface area contributed by atoms with Gasteiger partial charge >= 0.3 is 0 Å². The van der Waals surface area contributed by atoms with Crippen molar-refractivity contribution in [2.75, 3.05) is 30.1 Å². The van der Waals surface area contributed by atoms with Crippen molar-refractivity contribution < 1.29 is 4.79 Å². The molecule has 0 aliphatic heterocycles. The normalized spacial score (nSPS) is 11.4. The van der Waals surface area contributed by atoms with Gasteiger partial charge in [-0.3, -0.25) is 4.79 Å². The van der Waals surface area contributed by atoms with Gasteiger partial charge in [-0.1, -0.05) is 18.2 Å². The fourth-order valence-corrected chi connectivity index (χ4v) is 3.02. The van der Waals surface area contributed by atoms with Crippen LogP contribution in [0.15, 0.2) is 53.4 Å². The number of nitrogens with one attached hydrogen (secondary N) is 1. The summed E-state index contributed by atoms with van der Waals surface area (Å²) in [5.74, 6) is 0.523. The molecule has 0 aliphatic rings. The van der Waals surface area contributed by atoms with E-state index in [0.717, 1.165) is 16.3 Å². The van der Waals surface area contributed by atoms with Crippen LogP contribution in [0.3, 0.4) is 0 Å². The van der Waals surface area contributed by atoms with Gasteiger partial charge in [-0.15, -0.1) is 11.8 Å². The standard InChI is InChI=1S/C19H21N3OS/c1-14(12-20)13-24-18-10-5-4-9-17(18)21-19(23)15-7-6-8-16(11-15)22(2)3/h4-11,14H,13H2,1-3H3,(H,21,23)/t14-/m1/s1. The van der Waals surface area contributed by atoms with E-state index in [2.05, 4.69) is 11.4 Å². The molecule has 1 amide bonds. The fraction of sp³-hybridized carbons (Fsp3) is 0.263. The van der Waals surface area contributed by atoms with Crippen molar-refractivity contribution in [3.8, 4) is 6.07 Å². The van der Waals surface area contributed by atoms with Gasteiger partial charge in [0.25, 0.3) is 5.91 Å². The number of anilines is 2. The largest absolute Gasteiger partial charge is 0.378 e. The molecule has 0 spiro atoms. The molecule has 4 nitrogen and oxygen atoms in total. The summed E-state index contributed by atoms with van der Waals surface area (Å²) in [6.45, 7) is 1.89. The Labute approximate surface area is 147 Å². The van der Waals surface area contributed by atoms with Crippen LogP contribution in [-0.2, 0) is 0 Å². The lowest BCUT2D eigenvalue weighted by Gasteiger charge is -2.14. The van der Waals surface area contributed by atoms with Crippen LogP contribution >= 0.6 is 11.8 Å². The van der Waals surface area contributed by atoms with Gasteiger partial charge in [-0.05, 0) is 37.3 Å². The Hall–Kier alpha value is -2.45. The van der Waals surface area contributed by atoms with E-state index in [-0.39, 0.29) is 11.8 Å². The second kappa shape index (κ2) is 8.42. The van der Waals surface area contributed by atoms with Gasteiger partial charge in [0.2, 0.25) is 0 Å². The molecule has 0 unspecified atom stereocenters. The number of hydrogen-bond acceptors (Lipinski definition) is 4. The van der Waals surface area contributed by atoms with Gasteiger partial charge in [0.15, 0.2) is 0 Å². The first-order valence-corrected chi connectivity index (χ1v) is 8.70. The van der Waals surface area contributed by atoms with Crippen LogP contribution in [0.2, 0.25) is 0 Å². The second-order valence-electron chi connectivity index (χ2n) is 5.74. The maximum atomic E-state index is 12.5. The number of carbonyl (C=O) groups is 1. The van der Waals surface area contributed by atoms with Crippen molar-refractivity contribution in [2.45, 2.75) is 11.8 Å². The molecular formula is C19H21N3OS. The summed E-state index contributed by atoms with van der Waals surface area (Å²) in [6, 6.07) is 17.4. The molecule has 0 aliphatic carbocycles. The van der Waals surface area contributed by atoms with Crippen LogP contribution < -0.4 is 10.2 Å². The van der Waals surface area contributed by atoms with Gasteiger partial charge in [-0.2, -0.15) is 5.26 Å². The van der Waals surface area contributed by atoms with Gasteiger partial charge in [0, 0.05) is 36.0 Å². The van der Waals surface area contributed by atoms with Crippen molar-refractivity contribution in [3.63, 3.8) is 0 Å². The summed E-state index contributed by atoms with van der Waals surface area (Å²) >= 11 is 1.58. The van der Waals surface area contributed by atoms with Gasteiger partial charge in [0.1, 0.15) is 0 Å². The molecule has 2 aromatic carbocycles. The molecule has 124 valence electrons. The molecule has 1 atom stereocenters. The predicted octanol–water partition coefficient (Wildman–Crippen LogP) is 4.26. The Morgan fingerprint density at radius 2 is 2.00 bits per heavy atom. The summed E-state index contributed by atoms with van der Waals surface area (Å²) in [7, 11) is 3.89. The molecule has 0 heterocycles. The number of amides is 1. The third-order valence-corrected chi connectivity index (χ3v) is 4.80. The first kappa shape index (κ1) is 17.9. The van der Waals surface area contributed by atoms with Crippen LogP contribution in [0.1, 0.15) is 17.3 Å². The number of hydrogen-bond donors (Lipinski definition) is 1. The van der Waals surface area contributed by atoms with Crippen molar-refractivity contribution in [1.29, 1.82) is 5.26 Å². The zero-order chi connectivity index (χ0) is 17.5. The lowest BCUT2D eigenvalue weighted by Crippen LogP contribution is -2.14. The maximum absolute atomic E-state index is 12.5. The number of nitrogens with zero attached hydrogens (tertiary/aromatic N) is 2. The van der Waals surface area contributed by atoms with E-state index >= 15 is 0 Å². The quantitative estimate of drug-likeness (QED) is 0.799. The van der Waals surface area contributed by atoms with Crippen molar-refractivity contribution >= 4 is 29.0 Å². The van der Waals surface area contributed by atoms with E-state index in [1.807, 2.05) is 68.4 Å². The Kier molecular flexibility index (Phi) is 6.28. The molecule has 0 radical (unpaired) electrons. The molecule has 0 saturated heterocycles. The Balaban J connectivity index is 2.14. The van der Waals surface area contributed by atoms with Gasteiger partial charge in [-0.25, -0.2) is 0 Å². The highest BCUT2D eigenvalue weighted by molar-refractivity contribution is 7.99. The van der Waals surface area contributed by atoms with E-state index < -0.39 is 0 Å². The zero-order valence-electron chi connectivity index (χ0n) is 14.1. The summed E-state index contributed by atoms with van der Waals surface area (Å²) in [6.07, 6.45) is 0. The minimum Gasteiger partial charge on any atom is -0.378 e. The number of para-hydroxylation sites is 1. The van der Waals surface area contributed by atoms with E-state index in [1.54, 1.807) is 17.8 Å². The van der Waals surface area contributed by atoms with Crippen molar-refractivity contribution in [1.82, 2.24) is 0 Å². The first-order valence-electron chi connectivity index (χ1n) is 7.71. The lowest BCUT2D eigenvalue weighted by molar-refractivity contribution is 0.102. The minimum atomic E-state index is -0.139. The van der Waals surface area contributed by atoms with Gasteiger partial charge < -0.3 is 10.2 Å². The molecule has 2 rings (SSSR count). The van der Waals surface area contributed by atoms with E-state index in [4.69, 9.17) is 5.26 Å². The summed E-state index contributed by atoms with van der Waals surface area (Å²) in [5.41, 5.74) is 2.37. The summed E-state index contributed by atoms with van der Waals surface area (Å²) in [5, 5.41) is 11.9.